The van der Waals surface area contributed by atoms with Gasteiger partial charge in [-0.3, -0.25) is 0 Å². The van der Waals surface area contributed by atoms with Gasteiger partial charge < -0.3 is 20.1 Å². The van der Waals surface area contributed by atoms with E-state index in [0.717, 1.165) is 4.88 Å². The van der Waals surface area contributed by atoms with Crippen LogP contribution in [0.4, 0.5) is 4.79 Å². The van der Waals surface area contributed by atoms with E-state index in [9.17, 15) is 9.90 Å². The third-order valence-electron chi connectivity index (χ3n) is 2.77. The summed E-state index contributed by atoms with van der Waals surface area (Å²) in [5.41, 5.74) is -0.563. The van der Waals surface area contributed by atoms with E-state index in [-0.39, 0.29) is 6.54 Å². The molecule has 0 bridgehead atoms. The van der Waals surface area contributed by atoms with Crippen LogP contribution in [-0.2, 0) is 11.3 Å². The number of thiophene rings is 1. The van der Waals surface area contributed by atoms with Crippen molar-refractivity contribution in [3.8, 4) is 6.07 Å². The number of hydrogen-bond acceptors (Lipinski definition) is 6. The van der Waals surface area contributed by atoms with Crippen LogP contribution < -0.4 is 5.32 Å². The second-order valence-corrected chi connectivity index (χ2v) is 7.50. The number of rotatable bonds is 7. The Bertz CT molecular complexity index is 544. The van der Waals surface area contributed by atoms with Crippen LogP contribution in [0.1, 0.15) is 37.4 Å². The highest BCUT2D eigenvalue weighted by atomic mass is 32.1. The van der Waals surface area contributed by atoms with Crippen LogP contribution in [0.5, 0.6) is 0 Å². The number of ether oxygens (including phenoxy) is 1. The number of aliphatic hydroxyl groups is 1. The summed E-state index contributed by atoms with van der Waals surface area (Å²) in [6.45, 7) is 8.97. The number of aliphatic hydroxyl groups excluding tert-OH is 1. The van der Waals surface area contributed by atoms with Crippen molar-refractivity contribution in [3.05, 3.63) is 21.9 Å². The first-order valence-corrected chi connectivity index (χ1v) is 8.38. The van der Waals surface area contributed by atoms with E-state index >= 15 is 0 Å². The maximum atomic E-state index is 12.1. The molecule has 0 saturated carbocycles. The van der Waals surface area contributed by atoms with E-state index in [1.54, 1.807) is 13.0 Å². The SMILES string of the molecule is CC(O)CN(CCNCc1ccc(C#N)s1)C(=O)OC(C)(C)C. The average Bonchev–Trinajstić information content (AvgIpc) is 2.87. The lowest BCUT2D eigenvalue weighted by Gasteiger charge is -2.28. The number of carbonyl (C=O) groups is 1. The van der Waals surface area contributed by atoms with Gasteiger partial charge in [-0.25, -0.2) is 4.79 Å². The highest BCUT2D eigenvalue weighted by Crippen LogP contribution is 2.14. The van der Waals surface area contributed by atoms with Gasteiger partial charge >= 0.3 is 6.09 Å². The lowest BCUT2D eigenvalue weighted by atomic mass is 10.2. The molecule has 1 heterocycles. The van der Waals surface area contributed by atoms with E-state index in [4.69, 9.17) is 10.00 Å². The van der Waals surface area contributed by atoms with E-state index in [0.29, 0.717) is 24.5 Å². The van der Waals surface area contributed by atoms with Crippen LogP contribution >= 0.6 is 11.3 Å². The molecule has 1 rings (SSSR count). The summed E-state index contributed by atoms with van der Waals surface area (Å²) >= 11 is 1.45. The highest BCUT2D eigenvalue weighted by molar-refractivity contribution is 7.12. The Morgan fingerprint density at radius 3 is 2.74 bits per heavy atom. The van der Waals surface area contributed by atoms with Crippen molar-refractivity contribution in [2.75, 3.05) is 19.6 Å². The number of hydrogen-bond donors (Lipinski definition) is 2. The standard InChI is InChI=1S/C16H25N3O3S/c1-12(20)11-19(15(21)22-16(2,3)4)8-7-18-10-14-6-5-13(9-17)23-14/h5-6,12,18,20H,7-8,10-11H2,1-4H3. The molecule has 2 N–H and O–H groups in total. The molecule has 1 aromatic heterocycles. The summed E-state index contributed by atoms with van der Waals surface area (Å²) in [5, 5.41) is 21.6. The molecule has 0 fully saturated rings. The molecule has 6 nitrogen and oxygen atoms in total. The van der Waals surface area contributed by atoms with Gasteiger partial charge in [0.25, 0.3) is 0 Å². The fourth-order valence-electron chi connectivity index (χ4n) is 1.86. The largest absolute Gasteiger partial charge is 0.444 e. The lowest BCUT2D eigenvalue weighted by molar-refractivity contribution is 0.0164. The summed E-state index contributed by atoms with van der Waals surface area (Å²) in [4.78, 5) is 15.4. The summed E-state index contributed by atoms with van der Waals surface area (Å²) in [5.74, 6) is 0. The van der Waals surface area contributed by atoms with Crippen molar-refractivity contribution in [3.63, 3.8) is 0 Å². The van der Waals surface area contributed by atoms with Crippen molar-refractivity contribution in [2.24, 2.45) is 0 Å². The Morgan fingerprint density at radius 2 is 2.22 bits per heavy atom. The van der Waals surface area contributed by atoms with Gasteiger partial charge in [-0.15, -0.1) is 11.3 Å². The Kier molecular flexibility index (Phi) is 7.49. The minimum Gasteiger partial charge on any atom is -0.444 e. The lowest BCUT2D eigenvalue weighted by Crippen LogP contribution is -2.43. The molecule has 0 aliphatic carbocycles. The molecular weight excluding hydrogens is 314 g/mol. The second-order valence-electron chi connectivity index (χ2n) is 6.33. The molecule has 0 aliphatic rings. The minimum absolute atomic E-state index is 0.230. The van der Waals surface area contributed by atoms with Gasteiger partial charge in [0.2, 0.25) is 0 Å². The van der Waals surface area contributed by atoms with Gasteiger partial charge in [0, 0.05) is 31.1 Å². The number of nitrogens with one attached hydrogen (secondary N) is 1. The normalized spacial score (nSPS) is 12.5. The van der Waals surface area contributed by atoms with Crippen LogP contribution in [0.2, 0.25) is 0 Å². The van der Waals surface area contributed by atoms with Gasteiger partial charge in [0.15, 0.2) is 0 Å². The molecule has 0 spiro atoms. The van der Waals surface area contributed by atoms with Crippen molar-refractivity contribution in [1.29, 1.82) is 5.26 Å². The number of nitrogens with zero attached hydrogens (tertiary/aromatic N) is 2. The summed E-state index contributed by atoms with van der Waals surface area (Å²) in [7, 11) is 0. The Labute approximate surface area is 141 Å². The van der Waals surface area contributed by atoms with Crippen LogP contribution in [0.25, 0.3) is 0 Å². The van der Waals surface area contributed by atoms with Crippen LogP contribution in [0.3, 0.4) is 0 Å². The number of amides is 1. The van der Waals surface area contributed by atoms with E-state index in [2.05, 4.69) is 11.4 Å². The van der Waals surface area contributed by atoms with E-state index < -0.39 is 17.8 Å². The first-order valence-electron chi connectivity index (χ1n) is 7.57. The van der Waals surface area contributed by atoms with Crippen LogP contribution in [0, 0.1) is 11.3 Å². The van der Waals surface area contributed by atoms with E-state index in [1.165, 1.54) is 16.2 Å². The molecule has 0 aliphatic heterocycles. The van der Waals surface area contributed by atoms with Crippen molar-refractivity contribution >= 4 is 17.4 Å². The Balaban J connectivity index is 2.44. The predicted molar refractivity (Wildman–Crippen MR) is 90.2 cm³/mol. The smallest absolute Gasteiger partial charge is 0.410 e. The topological polar surface area (TPSA) is 85.6 Å². The van der Waals surface area contributed by atoms with Gasteiger partial charge in [-0.05, 0) is 39.8 Å². The molecule has 1 atom stereocenters. The van der Waals surface area contributed by atoms with Crippen molar-refractivity contribution in [2.45, 2.75) is 45.9 Å². The molecule has 128 valence electrons. The van der Waals surface area contributed by atoms with E-state index in [1.807, 2.05) is 26.8 Å². The quantitative estimate of drug-likeness (QED) is 0.745. The molecule has 7 heteroatoms. The minimum atomic E-state index is -0.613. The predicted octanol–water partition coefficient (Wildman–Crippen LogP) is 2.33. The van der Waals surface area contributed by atoms with Gasteiger partial charge in [0.05, 0.1) is 6.10 Å². The molecule has 1 unspecified atom stereocenters. The zero-order valence-corrected chi connectivity index (χ0v) is 14.9. The Morgan fingerprint density at radius 1 is 1.52 bits per heavy atom. The Hall–Kier alpha value is -1.62. The fourth-order valence-corrected chi connectivity index (χ4v) is 2.64. The van der Waals surface area contributed by atoms with Gasteiger partial charge in [-0.2, -0.15) is 5.26 Å². The summed E-state index contributed by atoms with van der Waals surface area (Å²) in [6.07, 6.45) is -1.04. The monoisotopic (exact) mass is 339 g/mol. The third kappa shape index (κ3) is 7.98. The zero-order chi connectivity index (χ0) is 17.5. The number of nitriles is 1. The summed E-state index contributed by atoms with van der Waals surface area (Å²) < 4.78 is 5.35. The van der Waals surface area contributed by atoms with Crippen molar-refractivity contribution in [1.82, 2.24) is 10.2 Å². The third-order valence-corrected chi connectivity index (χ3v) is 3.76. The maximum Gasteiger partial charge on any atom is 0.410 e. The molecular formula is C16H25N3O3S. The number of carbonyl (C=O) groups excluding carboxylic acids is 1. The van der Waals surface area contributed by atoms with Crippen molar-refractivity contribution < 1.29 is 14.6 Å². The van der Waals surface area contributed by atoms with Crippen LogP contribution in [-0.4, -0.2) is 47.4 Å². The van der Waals surface area contributed by atoms with Gasteiger partial charge in [0.1, 0.15) is 16.5 Å². The summed E-state index contributed by atoms with van der Waals surface area (Å²) in [6, 6.07) is 5.82. The maximum absolute atomic E-state index is 12.1. The van der Waals surface area contributed by atoms with Crippen LogP contribution in [0.15, 0.2) is 12.1 Å². The molecule has 0 saturated heterocycles. The first-order chi connectivity index (χ1) is 10.7. The molecule has 0 aromatic carbocycles. The molecule has 1 amide bonds. The van der Waals surface area contributed by atoms with Gasteiger partial charge in [-0.1, -0.05) is 0 Å². The first kappa shape index (κ1) is 19.4. The zero-order valence-electron chi connectivity index (χ0n) is 14.1. The molecule has 23 heavy (non-hydrogen) atoms. The second kappa shape index (κ2) is 8.87. The molecule has 0 radical (unpaired) electrons. The fraction of sp³-hybridized carbons (Fsp3) is 0.625. The highest BCUT2D eigenvalue weighted by Gasteiger charge is 2.22. The average molecular weight is 339 g/mol. The molecule has 1 aromatic rings.